The van der Waals surface area contributed by atoms with Crippen LogP contribution in [-0.2, 0) is 0 Å². The van der Waals surface area contributed by atoms with E-state index in [2.05, 4.69) is 24.1 Å². The first-order valence-corrected chi connectivity index (χ1v) is 6.24. The maximum absolute atomic E-state index is 12.0. The predicted molar refractivity (Wildman–Crippen MR) is 72.1 cm³/mol. The van der Waals surface area contributed by atoms with Crippen molar-refractivity contribution in [3.05, 3.63) is 35.4 Å². The van der Waals surface area contributed by atoms with Gasteiger partial charge in [-0.25, -0.2) is 0 Å². The van der Waals surface area contributed by atoms with Gasteiger partial charge in [0.05, 0.1) is 6.54 Å². The number of hydrogen-bond acceptors (Lipinski definition) is 2. The summed E-state index contributed by atoms with van der Waals surface area (Å²) >= 11 is 0. The molecule has 0 aromatic heterocycles. The number of amides is 1. The third kappa shape index (κ3) is 2.91. The molecule has 0 radical (unpaired) electrons. The van der Waals surface area contributed by atoms with Crippen LogP contribution in [0.3, 0.4) is 0 Å². The Morgan fingerprint density at radius 1 is 1.39 bits per heavy atom. The summed E-state index contributed by atoms with van der Waals surface area (Å²) in [6.45, 7) is 2.44. The number of hydrogen-bond donors (Lipinski definition) is 2. The summed E-state index contributed by atoms with van der Waals surface area (Å²) < 4.78 is 0. The summed E-state index contributed by atoms with van der Waals surface area (Å²) in [4.78, 5) is 12.0. The molecule has 2 rings (SSSR count). The SMILES string of the molecule is CC1(NC(=O)c2ccc(C#CCN)cc2)CCC1. The number of benzene rings is 1. The molecule has 3 N–H and O–H groups in total. The van der Waals surface area contributed by atoms with Crippen molar-refractivity contribution in [3.63, 3.8) is 0 Å². The van der Waals surface area contributed by atoms with Gasteiger partial charge in [-0.2, -0.15) is 0 Å². The van der Waals surface area contributed by atoms with E-state index in [4.69, 9.17) is 5.73 Å². The van der Waals surface area contributed by atoms with Gasteiger partial charge in [0.2, 0.25) is 0 Å². The smallest absolute Gasteiger partial charge is 0.251 e. The number of carbonyl (C=O) groups is 1. The molecule has 0 unspecified atom stereocenters. The Labute approximate surface area is 108 Å². The van der Waals surface area contributed by atoms with Crippen LogP contribution in [0.1, 0.15) is 42.1 Å². The molecule has 1 aliphatic rings. The van der Waals surface area contributed by atoms with E-state index in [9.17, 15) is 4.79 Å². The monoisotopic (exact) mass is 242 g/mol. The highest BCUT2D eigenvalue weighted by Crippen LogP contribution is 2.31. The lowest BCUT2D eigenvalue weighted by Crippen LogP contribution is -2.50. The molecule has 0 atom stereocenters. The van der Waals surface area contributed by atoms with Gasteiger partial charge in [-0.3, -0.25) is 4.79 Å². The Morgan fingerprint density at radius 3 is 2.56 bits per heavy atom. The van der Waals surface area contributed by atoms with Crippen LogP contribution in [0.25, 0.3) is 0 Å². The number of carbonyl (C=O) groups excluding carboxylic acids is 1. The molecule has 18 heavy (non-hydrogen) atoms. The van der Waals surface area contributed by atoms with Crippen LogP contribution in [0.4, 0.5) is 0 Å². The zero-order valence-corrected chi connectivity index (χ0v) is 10.6. The van der Waals surface area contributed by atoms with Crippen LogP contribution in [0, 0.1) is 11.8 Å². The fourth-order valence-corrected chi connectivity index (χ4v) is 2.04. The summed E-state index contributed by atoms with van der Waals surface area (Å²) in [6, 6.07) is 7.30. The third-order valence-corrected chi connectivity index (χ3v) is 3.35. The minimum absolute atomic E-state index is 0.00414. The second-order valence-corrected chi connectivity index (χ2v) is 4.95. The minimum Gasteiger partial charge on any atom is -0.347 e. The van der Waals surface area contributed by atoms with Crippen molar-refractivity contribution in [2.75, 3.05) is 6.54 Å². The number of rotatable bonds is 2. The van der Waals surface area contributed by atoms with Crippen molar-refractivity contribution in [2.24, 2.45) is 5.73 Å². The van der Waals surface area contributed by atoms with Gasteiger partial charge in [-0.05, 0) is 50.5 Å². The Balaban J connectivity index is 2.02. The average molecular weight is 242 g/mol. The van der Waals surface area contributed by atoms with Crippen molar-refractivity contribution in [2.45, 2.75) is 31.7 Å². The molecular weight excluding hydrogens is 224 g/mol. The van der Waals surface area contributed by atoms with Crippen LogP contribution in [0.15, 0.2) is 24.3 Å². The summed E-state index contributed by atoms with van der Waals surface area (Å²) in [5.41, 5.74) is 6.87. The van der Waals surface area contributed by atoms with Crippen molar-refractivity contribution >= 4 is 5.91 Å². The zero-order valence-electron chi connectivity index (χ0n) is 10.6. The fourth-order valence-electron chi connectivity index (χ4n) is 2.04. The van der Waals surface area contributed by atoms with Gasteiger partial charge in [0.25, 0.3) is 5.91 Å². The molecule has 0 aliphatic heterocycles. The minimum atomic E-state index is -0.00485. The maximum atomic E-state index is 12.0. The summed E-state index contributed by atoms with van der Waals surface area (Å²) in [7, 11) is 0. The molecule has 0 spiro atoms. The summed E-state index contributed by atoms with van der Waals surface area (Å²) in [6.07, 6.45) is 3.34. The van der Waals surface area contributed by atoms with E-state index in [1.165, 1.54) is 6.42 Å². The van der Waals surface area contributed by atoms with Crippen molar-refractivity contribution < 1.29 is 4.79 Å². The molecule has 3 heteroatoms. The van der Waals surface area contributed by atoms with Crippen LogP contribution < -0.4 is 11.1 Å². The Morgan fingerprint density at radius 2 is 2.06 bits per heavy atom. The first-order chi connectivity index (χ1) is 8.63. The zero-order chi connectivity index (χ0) is 13.0. The lowest BCUT2D eigenvalue weighted by molar-refractivity contribution is 0.0850. The van der Waals surface area contributed by atoms with E-state index in [1.54, 1.807) is 12.1 Å². The molecule has 0 bridgehead atoms. The average Bonchev–Trinajstić information content (AvgIpc) is 2.35. The molecule has 1 aliphatic carbocycles. The molecule has 1 amide bonds. The van der Waals surface area contributed by atoms with Gasteiger partial charge in [-0.15, -0.1) is 0 Å². The number of nitrogens with two attached hydrogens (primary N) is 1. The Kier molecular flexibility index (Phi) is 3.69. The van der Waals surface area contributed by atoms with Gasteiger partial charge in [0.1, 0.15) is 0 Å². The quantitative estimate of drug-likeness (QED) is 0.775. The molecule has 0 heterocycles. The predicted octanol–water partition coefficient (Wildman–Crippen LogP) is 1.67. The molecule has 1 fully saturated rings. The fraction of sp³-hybridized carbons (Fsp3) is 0.400. The lowest BCUT2D eigenvalue weighted by Gasteiger charge is -2.39. The molecule has 1 aromatic rings. The van der Waals surface area contributed by atoms with Gasteiger partial charge < -0.3 is 11.1 Å². The normalized spacial score (nSPS) is 16.1. The van der Waals surface area contributed by atoms with E-state index < -0.39 is 0 Å². The first kappa shape index (κ1) is 12.7. The lowest BCUT2D eigenvalue weighted by atomic mass is 9.78. The molecular formula is C15H18N2O. The van der Waals surface area contributed by atoms with Crippen LogP contribution in [-0.4, -0.2) is 18.0 Å². The molecule has 1 aromatic carbocycles. The Hall–Kier alpha value is -1.79. The Bertz CT molecular complexity index is 489. The highest BCUT2D eigenvalue weighted by molar-refractivity contribution is 5.94. The van der Waals surface area contributed by atoms with Gasteiger partial charge >= 0.3 is 0 Å². The van der Waals surface area contributed by atoms with Gasteiger partial charge in [-0.1, -0.05) is 11.8 Å². The van der Waals surface area contributed by atoms with Gasteiger partial charge in [0, 0.05) is 16.7 Å². The maximum Gasteiger partial charge on any atom is 0.251 e. The van der Waals surface area contributed by atoms with Crippen molar-refractivity contribution in [1.82, 2.24) is 5.32 Å². The molecule has 0 saturated heterocycles. The van der Waals surface area contributed by atoms with Crippen LogP contribution >= 0.6 is 0 Å². The van der Waals surface area contributed by atoms with E-state index in [-0.39, 0.29) is 11.4 Å². The molecule has 94 valence electrons. The van der Waals surface area contributed by atoms with Gasteiger partial charge in [0.15, 0.2) is 0 Å². The highest BCUT2D eigenvalue weighted by Gasteiger charge is 2.33. The standard InChI is InChI=1S/C15H18N2O/c1-15(9-3-10-15)17-14(18)13-7-5-12(6-8-13)4-2-11-16/h5-8H,3,9-11,16H2,1H3,(H,17,18). The molecule has 3 nitrogen and oxygen atoms in total. The largest absolute Gasteiger partial charge is 0.347 e. The topological polar surface area (TPSA) is 55.1 Å². The summed E-state index contributed by atoms with van der Waals surface area (Å²) in [5, 5.41) is 3.08. The van der Waals surface area contributed by atoms with E-state index >= 15 is 0 Å². The first-order valence-electron chi connectivity index (χ1n) is 6.24. The second kappa shape index (κ2) is 5.24. The van der Waals surface area contributed by atoms with E-state index in [1.807, 2.05) is 12.1 Å². The van der Waals surface area contributed by atoms with E-state index in [0.29, 0.717) is 12.1 Å². The summed E-state index contributed by atoms with van der Waals surface area (Å²) in [5.74, 6) is 5.72. The van der Waals surface area contributed by atoms with E-state index in [0.717, 1.165) is 18.4 Å². The third-order valence-electron chi connectivity index (χ3n) is 3.35. The van der Waals surface area contributed by atoms with Crippen LogP contribution in [0.2, 0.25) is 0 Å². The molecule has 1 saturated carbocycles. The van der Waals surface area contributed by atoms with Crippen LogP contribution in [0.5, 0.6) is 0 Å². The van der Waals surface area contributed by atoms with Crippen molar-refractivity contribution in [3.8, 4) is 11.8 Å². The highest BCUT2D eigenvalue weighted by atomic mass is 16.1. The van der Waals surface area contributed by atoms with Crippen molar-refractivity contribution in [1.29, 1.82) is 0 Å². The second-order valence-electron chi connectivity index (χ2n) is 4.95. The number of nitrogens with one attached hydrogen (secondary N) is 1.